The van der Waals surface area contributed by atoms with Gasteiger partial charge in [-0.05, 0) is 74.7 Å². The van der Waals surface area contributed by atoms with E-state index >= 15 is 0 Å². The molecule has 2 N–H and O–H groups in total. The van der Waals surface area contributed by atoms with Crippen LogP contribution in [0, 0.1) is 0 Å². The van der Waals surface area contributed by atoms with Crippen LogP contribution < -0.4 is 0 Å². The molecule has 2 aliphatic rings. The second-order valence-electron chi connectivity index (χ2n) is 13.2. The van der Waals surface area contributed by atoms with Gasteiger partial charge in [-0.3, -0.25) is 4.79 Å². The van der Waals surface area contributed by atoms with E-state index < -0.39 is 22.2 Å². The Morgan fingerprint density at radius 2 is 1.14 bits per heavy atom. The monoisotopic (exact) mass is 510 g/mol. The Kier molecular flexibility index (Phi) is 10.2. The van der Waals surface area contributed by atoms with Crippen molar-refractivity contribution in [1.29, 1.82) is 0 Å². The molecule has 0 aromatic heterocycles. The van der Waals surface area contributed by atoms with Crippen LogP contribution in [0.5, 0.6) is 0 Å². The van der Waals surface area contributed by atoms with E-state index in [1.54, 1.807) is 0 Å². The van der Waals surface area contributed by atoms with Crippen molar-refractivity contribution in [3.05, 3.63) is 12.2 Å². The summed E-state index contributed by atoms with van der Waals surface area (Å²) in [7, 11) is 0. The molecule has 0 aliphatic carbocycles. The summed E-state index contributed by atoms with van der Waals surface area (Å²) in [5.74, 6) is -0.502. The topological polar surface area (TPSA) is 99.5 Å². The van der Waals surface area contributed by atoms with Gasteiger partial charge in [0.25, 0.3) is 0 Å². The van der Waals surface area contributed by atoms with Crippen molar-refractivity contribution in [2.75, 3.05) is 0 Å². The molecule has 2 aliphatic heterocycles. The maximum atomic E-state index is 12.3. The van der Waals surface area contributed by atoms with Gasteiger partial charge in [0, 0.05) is 60.3 Å². The molecule has 0 bridgehead atoms. The number of hydrogen-bond acceptors (Lipinski definition) is 8. The molecule has 2 saturated heterocycles. The summed E-state index contributed by atoms with van der Waals surface area (Å²) in [6.07, 6.45) is 10.2. The number of unbranched alkanes of at least 4 members (excludes halogenated alkanes) is 4. The average molecular weight is 511 g/mol. The van der Waals surface area contributed by atoms with E-state index in [9.17, 15) is 20.0 Å². The molecule has 8 nitrogen and oxygen atoms in total. The first-order valence-corrected chi connectivity index (χ1v) is 13.5. The van der Waals surface area contributed by atoms with E-state index in [1.807, 2.05) is 61.5 Å². The Morgan fingerprint density at radius 3 is 1.61 bits per heavy atom. The smallest absolute Gasteiger partial charge is 0.330 e. The van der Waals surface area contributed by atoms with Crippen LogP contribution in [0.2, 0.25) is 0 Å². The van der Waals surface area contributed by atoms with E-state index in [4.69, 9.17) is 9.47 Å². The third-order valence-electron chi connectivity index (χ3n) is 7.54. The van der Waals surface area contributed by atoms with Crippen LogP contribution in [0.1, 0.15) is 120 Å². The lowest BCUT2D eigenvalue weighted by molar-refractivity contribution is -0.259. The van der Waals surface area contributed by atoms with Crippen LogP contribution in [0.4, 0.5) is 0 Å². The molecule has 2 fully saturated rings. The van der Waals surface area contributed by atoms with Crippen molar-refractivity contribution >= 4 is 11.9 Å². The van der Waals surface area contributed by atoms with E-state index in [-0.39, 0.29) is 24.1 Å². The predicted octanol–water partition coefficient (Wildman–Crippen LogP) is 5.79. The summed E-state index contributed by atoms with van der Waals surface area (Å²) in [5, 5.41) is 23.5. The lowest BCUT2D eigenvalue weighted by Crippen LogP contribution is -2.60. The highest BCUT2D eigenvalue weighted by Gasteiger charge is 2.47. The van der Waals surface area contributed by atoms with Crippen molar-refractivity contribution < 1.29 is 29.5 Å². The standard InChI is InChI=1S/C28H50N2O6/c1-25(2)17-21(18-26(3,4)29(25)33)35-23(31)15-13-11-9-10-12-14-16-24(32)36-22-19-27(5,6)30(34)28(7,8)20-22/h13,15,21-22,33-34H,9-12,14,16-20H2,1-8H3/b15-13+. The van der Waals surface area contributed by atoms with Crippen LogP contribution in [-0.4, -0.2) is 66.8 Å². The number of ether oxygens (including phenoxy) is 2. The van der Waals surface area contributed by atoms with Crippen molar-refractivity contribution in [2.45, 2.75) is 154 Å². The average Bonchev–Trinajstić information content (AvgIpc) is 2.71. The molecule has 2 heterocycles. The molecular formula is C28H50N2O6. The Hall–Kier alpha value is -1.48. The summed E-state index contributed by atoms with van der Waals surface area (Å²) in [4.78, 5) is 24.5. The van der Waals surface area contributed by atoms with Gasteiger partial charge in [-0.25, -0.2) is 4.79 Å². The Balaban J connectivity index is 1.59. The summed E-state index contributed by atoms with van der Waals surface area (Å²) >= 11 is 0. The largest absolute Gasteiger partial charge is 0.462 e. The first-order valence-electron chi connectivity index (χ1n) is 13.5. The zero-order chi connectivity index (χ0) is 27.4. The Labute approximate surface area is 217 Å². The molecule has 0 unspecified atom stereocenters. The number of nitrogens with zero attached hydrogens (tertiary/aromatic N) is 2. The maximum Gasteiger partial charge on any atom is 0.330 e. The fraction of sp³-hybridized carbons (Fsp3) is 0.857. The summed E-state index contributed by atoms with van der Waals surface area (Å²) in [6.45, 7) is 15.6. The quantitative estimate of drug-likeness (QED) is 0.216. The molecule has 2 rings (SSSR count). The molecule has 0 amide bonds. The minimum atomic E-state index is -0.451. The molecule has 0 aromatic rings. The second kappa shape index (κ2) is 11.9. The van der Waals surface area contributed by atoms with Crippen LogP contribution in [-0.2, 0) is 19.1 Å². The SMILES string of the molecule is CC1(C)CC(OC(=O)/C=C/CCCCCCC(=O)OC2CC(C)(C)N(O)C(C)(C)C2)CC(C)(C)N1O. The van der Waals surface area contributed by atoms with Crippen molar-refractivity contribution in [3.63, 3.8) is 0 Å². The summed E-state index contributed by atoms with van der Waals surface area (Å²) in [5.41, 5.74) is -1.77. The number of hydrogen-bond donors (Lipinski definition) is 2. The van der Waals surface area contributed by atoms with Gasteiger partial charge in [0.2, 0.25) is 0 Å². The summed E-state index contributed by atoms with van der Waals surface area (Å²) in [6, 6.07) is 0. The predicted molar refractivity (Wildman–Crippen MR) is 139 cm³/mol. The van der Waals surface area contributed by atoms with Crippen LogP contribution >= 0.6 is 0 Å². The number of carbonyl (C=O) groups is 2. The highest BCUT2D eigenvalue weighted by molar-refractivity contribution is 5.82. The third-order valence-corrected chi connectivity index (χ3v) is 7.54. The van der Waals surface area contributed by atoms with Gasteiger partial charge in [-0.15, -0.1) is 0 Å². The normalized spacial score (nSPS) is 24.6. The second-order valence-corrected chi connectivity index (χ2v) is 13.2. The fourth-order valence-electron chi connectivity index (χ4n) is 6.04. The fourth-order valence-corrected chi connectivity index (χ4v) is 6.04. The molecule has 208 valence electrons. The molecule has 36 heavy (non-hydrogen) atoms. The first-order chi connectivity index (χ1) is 16.5. The van der Waals surface area contributed by atoms with Crippen molar-refractivity contribution in [1.82, 2.24) is 10.1 Å². The molecule has 0 spiro atoms. The Morgan fingerprint density at radius 1 is 0.722 bits per heavy atom. The van der Waals surface area contributed by atoms with Gasteiger partial charge in [-0.2, -0.15) is 10.1 Å². The minimum absolute atomic E-state index is 0.168. The van der Waals surface area contributed by atoms with Gasteiger partial charge in [0.15, 0.2) is 0 Å². The minimum Gasteiger partial charge on any atom is -0.462 e. The van der Waals surface area contributed by atoms with Crippen molar-refractivity contribution in [2.24, 2.45) is 0 Å². The Bertz CT molecular complexity index is 753. The molecule has 0 atom stereocenters. The number of allylic oxidation sites excluding steroid dienone is 1. The van der Waals surface area contributed by atoms with Gasteiger partial charge < -0.3 is 19.9 Å². The molecule has 0 aromatic carbocycles. The van der Waals surface area contributed by atoms with E-state index in [2.05, 4.69) is 0 Å². The molecule has 0 saturated carbocycles. The van der Waals surface area contributed by atoms with Gasteiger partial charge >= 0.3 is 11.9 Å². The van der Waals surface area contributed by atoms with E-state index in [0.717, 1.165) is 32.1 Å². The number of piperidine rings is 2. The maximum absolute atomic E-state index is 12.3. The van der Waals surface area contributed by atoms with E-state index in [0.29, 0.717) is 32.1 Å². The highest BCUT2D eigenvalue weighted by atomic mass is 16.6. The number of esters is 2. The lowest BCUT2D eigenvalue weighted by atomic mass is 9.80. The highest BCUT2D eigenvalue weighted by Crippen LogP contribution is 2.39. The number of hydroxylamine groups is 4. The lowest BCUT2D eigenvalue weighted by Gasteiger charge is -2.50. The van der Waals surface area contributed by atoms with Gasteiger partial charge in [-0.1, -0.05) is 18.9 Å². The third kappa shape index (κ3) is 8.54. The molecule has 8 heteroatoms. The zero-order valence-electron chi connectivity index (χ0n) is 23.8. The van der Waals surface area contributed by atoms with Crippen LogP contribution in [0.3, 0.4) is 0 Å². The number of rotatable bonds is 10. The first kappa shape index (κ1) is 30.7. The summed E-state index contributed by atoms with van der Waals surface area (Å²) < 4.78 is 11.4. The van der Waals surface area contributed by atoms with Crippen molar-refractivity contribution in [3.8, 4) is 0 Å². The molecule has 0 radical (unpaired) electrons. The van der Waals surface area contributed by atoms with Gasteiger partial charge in [0.1, 0.15) is 12.2 Å². The van der Waals surface area contributed by atoms with Crippen LogP contribution in [0.25, 0.3) is 0 Å². The van der Waals surface area contributed by atoms with Crippen LogP contribution in [0.15, 0.2) is 12.2 Å². The number of carbonyl (C=O) groups excluding carboxylic acids is 2. The van der Waals surface area contributed by atoms with E-state index in [1.165, 1.54) is 16.2 Å². The zero-order valence-corrected chi connectivity index (χ0v) is 23.8. The van der Waals surface area contributed by atoms with Gasteiger partial charge in [0.05, 0.1) is 0 Å². The molecular weight excluding hydrogens is 460 g/mol.